The molecule has 0 spiro atoms. The number of nitrogens with one attached hydrogen (secondary N) is 1. The maximum atomic E-state index is 11.6. The number of hydrogen-bond acceptors (Lipinski definition) is 5. The summed E-state index contributed by atoms with van der Waals surface area (Å²) in [4.78, 5) is 15.3. The number of thiophene rings is 1. The van der Waals surface area contributed by atoms with Crippen LogP contribution in [0.25, 0.3) is 0 Å². The summed E-state index contributed by atoms with van der Waals surface area (Å²) < 4.78 is 0. The molecule has 0 unspecified atom stereocenters. The highest BCUT2D eigenvalue weighted by molar-refractivity contribution is 7.99. The van der Waals surface area contributed by atoms with Gasteiger partial charge in [-0.2, -0.15) is 0 Å². The van der Waals surface area contributed by atoms with E-state index in [1.807, 2.05) is 13.3 Å². The lowest BCUT2D eigenvalue weighted by atomic mass is 10.3. The van der Waals surface area contributed by atoms with Gasteiger partial charge in [0.15, 0.2) is 0 Å². The summed E-state index contributed by atoms with van der Waals surface area (Å²) in [5.41, 5.74) is 6.58. The highest BCUT2D eigenvalue weighted by atomic mass is 32.2. The molecule has 0 fully saturated rings. The Morgan fingerprint density at radius 3 is 2.69 bits per heavy atom. The van der Waals surface area contributed by atoms with E-state index in [1.54, 1.807) is 18.8 Å². The zero-order valence-corrected chi connectivity index (χ0v) is 11.6. The Morgan fingerprint density at radius 1 is 1.62 bits per heavy atom. The van der Waals surface area contributed by atoms with Crippen molar-refractivity contribution in [2.45, 2.75) is 11.8 Å². The van der Waals surface area contributed by atoms with Crippen molar-refractivity contribution < 1.29 is 4.79 Å². The zero-order chi connectivity index (χ0) is 12.3. The lowest BCUT2D eigenvalue weighted by Crippen LogP contribution is -2.17. The Kier molecular flexibility index (Phi) is 4.49. The molecule has 1 amide bonds. The van der Waals surface area contributed by atoms with Crippen molar-refractivity contribution in [1.29, 1.82) is 0 Å². The van der Waals surface area contributed by atoms with Crippen LogP contribution >= 0.6 is 23.1 Å². The molecule has 6 heteroatoms. The summed E-state index contributed by atoms with van der Waals surface area (Å²) in [6, 6.07) is 0. The number of amides is 1. The maximum absolute atomic E-state index is 11.6. The standard InChI is InChI=1S/C10H17N3OS2/c1-5-13(3)10-8(15-4)6(11)7(16-10)9(14)12-2/h5,11H2,1-4H3,(H,12,14). The highest BCUT2D eigenvalue weighted by Gasteiger charge is 2.21. The van der Waals surface area contributed by atoms with E-state index in [0.717, 1.165) is 16.4 Å². The highest BCUT2D eigenvalue weighted by Crippen LogP contribution is 2.43. The van der Waals surface area contributed by atoms with E-state index >= 15 is 0 Å². The first-order valence-electron chi connectivity index (χ1n) is 4.96. The predicted octanol–water partition coefficient (Wildman–Crippen LogP) is 1.87. The summed E-state index contributed by atoms with van der Waals surface area (Å²) in [5.74, 6) is -0.117. The van der Waals surface area contributed by atoms with Crippen LogP contribution in [-0.2, 0) is 0 Å². The molecule has 0 atom stereocenters. The first-order chi connectivity index (χ1) is 7.56. The smallest absolute Gasteiger partial charge is 0.263 e. The number of nitrogens with zero attached hydrogens (tertiary/aromatic N) is 1. The molecule has 16 heavy (non-hydrogen) atoms. The molecule has 1 aromatic heterocycles. The molecule has 4 nitrogen and oxygen atoms in total. The fraction of sp³-hybridized carbons (Fsp3) is 0.500. The van der Waals surface area contributed by atoms with Crippen molar-refractivity contribution >= 4 is 39.7 Å². The summed E-state index contributed by atoms with van der Waals surface area (Å²) >= 11 is 3.02. The second-order valence-electron chi connectivity index (χ2n) is 3.28. The van der Waals surface area contributed by atoms with Crippen LogP contribution in [0.2, 0.25) is 0 Å². The van der Waals surface area contributed by atoms with E-state index in [-0.39, 0.29) is 5.91 Å². The second-order valence-corrected chi connectivity index (χ2v) is 5.09. The third kappa shape index (κ3) is 2.27. The number of carbonyl (C=O) groups excluding carboxylic acids is 1. The number of rotatable bonds is 4. The van der Waals surface area contributed by atoms with Crippen LogP contribution in [-0.4, -0.2) is 32.8 Å². The lowest BCUT2D eigenvalue weighted by Gasteiger charge is -2.15. The summed E-state index contributed by atoms with van der Waals surface area (Å²) in [7, 11) is 3.61. The van der Waals surface area contributed by atoms with Gasteiger partial charge in [0.25, 0.3) is 5.91 Å². The van der Waals surface area contributed by atoms with Crippen molar-refractivity contribution in [1.82, 2.24) is 5.32 Å². The van der Waals surface area contributed by atoms with Crippen molar-refractivity contribution in [3.05, 3.63) is 4.88 Å². The summed E-state index contributed by atoms with van der Waals surface area (Å²) in [6.07, 6.45) is 1.97. The molecule has 1 rings (SSSR count). The molecule has 0 bridgehead atoms. The van der Waals surface area contributed by atoms with E-state index in [9.17, 15) is 4.79 Å². The predicted molar refractivity (Wildman–Crippen MR) is 72.8 cm³/mol. The van der Waals surface area contributed by atoms with Crippen LogP contribution in [0.1, 0.15) is 16.6 Å². The minimum Gasteiger partial charge on any atom is -0.396 e. The maximum Gasteiger partial charge on any atom is 0.263 e. The number of nitrogen functional groups attached to an aromatic ring is 1. The number of carbonyl (C=O) groups is 1. The van der Waals surface area contributed by atoms with Gasteiger partial charge < -0.3 is 16.0 Å². The van der Waals surface area contributed by atoms with E-state index in [1.165, 1.54) is 11.3 Å². The molecule has 0 aliphatic carbocycles. The third-order valence-corrected chi connectivity index (χ3v) is 4.61. The molecule has 0 aromatic carbocycles. The first-order valence-corrected chi connectivity index (χ1v) is 7.00. The SMILES string of the molecule is CCN(C)c1sc(C(=O)NC)c(N)c1SC. The molecular weight excluding hydrogens is 242 g/mol. The van der Waals surface area contributed by atoms with Crippen LogP contribution in [0.15, 0.2) is 4.90 Å². The molecule has 0 saturated carbocycles. The topological polar surface area (TPSA) is 58.4 Å². The third-order valence-electron chi connectivity index (χ3n) is 2.34. The largest absolute Gasteiger partial charge is 0.396 e. The molecule has 90 valence electrons. The average molecular weight is 259 g/mol. The minimum absolute atomic E-state index is 0.117. The van der Waals surface area contributed by atoms with Gasteiger partial charge in [-0.1, -0.05) is 0 Å². The Balaban J connectivity index is 3.25. The van der Waals surface area contributed by atoms with Crippen LogP contribution in [0.4, 0.5) is 10.7 Å². The van der Waals surface area contributed by atoms with Gasteiger partial charge in [-0.3, -0.25) is 4.79 Å². The van der Waals surface area contributed by atoms with E-state index in [2.05, 4.69) is 17.1 Å². The Labute approximate surface area is 104 Å². The van der Waals surface area contributed by atoms with Crippen LogP contribution in [0, 0.1) is 0 Å². The number of hydrogen-bond donors (Lipinski definition) is 2. The minimum atomic E-state index is -0.117. The van der Waals surface area contributed by atoms with Gasteiger partial charge in [0, 0.05) is 20.6 Å². The van der Waals surface area contributed by atoms with Crippen LogP contribution in [0.5, 0.6) is 0 Å². The molecule has 0 radical (unpaired) electrons. The van der Waals surface area contributed by atoms with Crippen molar-refractivity contribution in [2.75, 3.05) is 37.5 Å². The molecular formula is C10H17N3OS2. The second kappa shape index (κ2) is 5.45. The molecule has 0 aliphatic heterocycles. The quantitative estimate of drug-likeness (QED) is 0.810. The molecule has 1 heterocycles. The van der Waals surface area contributed by atoms with Crippen LogP contribution in [0.3, 0.4) is 0 Å². The van der Waals surface area contributed by atoms with E-state index in [4.69, 9.17) is 5.73 Å². The van der Waals surface area contributed by atoms with Gasteiger partial charge in [-0.05, 0) is 13.2 Å². The van der Waals surface area contributed by atoms with Crippen molar-refractivity contribution in [2.24, 2.45) is 0 Å². The lowest BCUT2D eigenvalue weighted by molar-refractivity contribution is 0.0968. The summed E-state index contributed by atoms with van der Waals surface area (Å²) in [6.45, 7) is 2.96. The fourth-order valence-electron chi connectivity index (χ4n) is 1.29. The zero-order valence-electron chi connectivity index (χ0n) is 9.96. The van der Waals surface area contributed by atoms with Crippen LogP contribution < -0.4 is 16.0 Å². The number of thioether (sulfide) groups is 1. The molecule has 0 aliphatic rings. The molecule has 0 saturated heterocycles. The Bertz CT molecular complexity index is 390. The summed E-state index contributed by atoms with van der Waals surface area (Å²) in [5, 5.41) is 3.67. The van der Waals surface area contributed by atoms with Gasteiger partial charge in [-0.15, -0.1) is 23.1 Å². The van der Waals surface area contributed by atoms with Gasteiger partial charge in [0.2, 0.25) is 0 Å². The van der Waals surface area contributed by atoms with Gasteiger partial charge in [0.1, 0.15) is 9.88 Å². The van der Waals surface area contributed by atoms with Crippen molar-refractivity contribution in [3.63, 3.8) is 0 Å². The van der Waals surface area contributed by atoms with Gasteiger partial charge in [-0.25, -0.2) is 0 Å². The average Bonchev–Trinajstić information content (AvgIpc) is 2.64. The molecule has 1 aromatic rings. The Morgan fingerprint density at radius 2 is 2.25 bits per heavy atom. The van der Waals surface area contributed by atoms with Gasteiger partial charge in [0.05, 0.1) is 10.6 Å². The first kappa shape index (κ1) is 13.2. The number of anilines is 2. The molecule has 3 N–H and O–H groups in total. The number of nitrogens with two attached hydrogens (primary N) is 1. The van der Waals surface area contributed by atoms with E-state index in [0.29, 0.717) is 10.6 Å². The normalized spacial score (nSPS) is 10.2. The fourth-order valence-corrected chi connectivity index (χ4v) is 3.47. The van der Waals surface area contributed by atoms with Crippen molar-refractivity contribution in [3.8, 4) is 0 Å². The van der Waals surface area contributed by atoms with Gasteiger partial charge >= 0.3 is 0 Å². The monoisotopic (exact) mass is 259 g/mol. The Hall–Kier alpha value is -0.880. The van der Waals surface area contributed by atoms with E-state index < -0.39 is 0 Å².